The maximum Gasteiger partial charge on any atom is 0.569 e. The molecular formula is C49H32BClIN2O4. The zero-order valence-corrected chi connectivity index (χ0v) is 34.0. The summed E-state index contributed by atoms with van der Waals surface area (Å²) in [5.41, 5.74) is 10.5. The van der Waals surface area contributed by atoms with Gasteiger partial charge in [-0.3, -0.25) is 0 Å². The Labute approximate surface area is 351 Å². The Bertz CT molecular complexity index is 3390. The van der Waals surface area contributed by atoms with Gasteiger partial charge in [0.2, 0.25) is 0 Å². The minimum Gasteiger partial charge on any atom is -0.537 e. The summed E-state index contributed by atoms with van der Waals surface area (Å²) in [5.74, 6) is 0.560. The topological polar surface area (TPSA) is 65.6 Å². The lowest BCUT2D eigenvalue weighted by molar-refractivity contribution is 0.454. The maximum atomic E-state index is 8.95. The lowest BCUT2D eigenvalue weighted by Gasteiger charge is -2.08. The Kier molecular flexibility index (Phi) is 9.32. The standard InChI is InChI=1S/C24H15BNO3.C24H14INO.CH3Cl/c27-25-29-16-10-12-24-20(14-16)19-13-15(9-11-23(19)28-24)26-21-7-3-1-5-17(21)18-6-2-4-8-22(18)26;25-15-9-11-23-19(13-15)20-14-16(10-12-24(20)27-23)26-21-7-3-1-5-17(21)18-6-2-4-8-22(18)26;1-2/h1-14,27H;1-14H;1H3. The molecular weight excluding hydrogens is 854 g/mol. The normalized spacial score (nSPS) is 11.4. The van der Waals surface area contributed by atoms with E-state index in [-0.39, 0.29) is 0 Å². The van der Waals surface area contributed by atoms with Gasteiger partial charge in [0.25, 0.3) is 0 Å². The van der Waals surface area contributed by atoms with E-state index in [0.717, 1.165) is 49.9 Å². The SMILES string of the molecule is CCl.Ic1ccc2oc3ccc(-n4c5ccccc5c5ccccc54)cc3c2c1.O[B]Oc1ccc2oc3ccc(-n4c5ccccc5c5ccccc54)cc3c2c1. The molecule has 0 bridgehead atoms. The maximum absolute atomic E-state index is 8.95. The average Bonchev–Trinajstić information content (AvgIpc) is 4.02. The number of fused-ring (bicyclic) bond motifs is 12. The number of para-hydroxylation sites is 4. The van der Waals surface area contributed by atoms with E-state index in [4.69, 9.17) is 18.5 Å². The van der Waals surface area contributed by atoms with Crippen molar-refractivity contribution in [3.05, 3.63) is 173 Å². The van der Waals surface area contributed by atoms with Crippen LogP contribution in [0.5, 0.6) is 5.75 Å². The highest BCUT2D eigenvalue weighted by Gasteiger charge is 2.16. The molecule has 0 amide bonds. The molecule has 0 aliphatic heterocycles. The first-order valence-electron chi connectivity index (χ1n) is 18.7. The predicted molar refractivity (Wildman–Crippen MR) is 249 cm³/mol. The molecule has 12 aromatic rings. The van der Waals surface area contributed by atoms with Gasteiger partial charge in [0.1, 0.15) is 28.1 Å². The third-order valence-corrected chi connectivity index (χ3v) is 11.4. The van der Waals surface area contributed by atoms with E-state index in [9.17, 15) is 0 Å². The van der Waals surface area contributed by atoms with Crippen molar-refractivity contribution in [2.75, 3.05) is 6.38 Å². The second kappa shape index (κ2) is 15.0. The molecule has 0 aliphatic rings. The van der Waals surface area contributed by atoms with Crippen molar-refractivity contribution in [3.63, 3.8) is 0 Å². The van der Waals surface area contributed by atoms with E-state index in [0.29, 0.717) is 13.4 Å². The number of hydrogen-bond acceptors (Lipinski definition) is 4. The Morgan fingerprint density at radius 3 is 1.24 bits per heavy atom. The number of nitrogens with zero attached hydrogens (tertiary/aromatic N) is 2. The summed E-state index contributed by atoms with van der Waals surface area (Å²) in [4.78, 5) is 0. The van der Waals surface area contributed by atoms with Gasteiger partial charge >= 0.3 is 7.69 Å². The van der Waals surface area contributed by atoms with Crippen LogP contribution in [0.1, 0.15) is 0 Å². The van der Waals surface area contributed by atoms with Gasteiger partial charge in [-0.15, -0.1) is 11.6 Å². The van der Waals surface area contributed by atoms with Crippen LogP contribution in [-0.4, -0.2) is 28.2 Å². The molecule has 279 valence electrons. The van der Waals surface area contributed by atoms with Crippen LogP contribution >= 0.6 is 34.2 Å². The Morgan fingerprint density at radius 2 is 0.810 bits per heavy atom. The molecule has 0 spiro atoms. The first-order valence-corrected chi connectivity index (χ1v) is 20.5. The summed E-state index contributed by atoms with van der Waals surface area (Å²) in [6.07, 6.45) is 1.47. The summed E-state index contributed by atoms with van der Waals surface area (Å²) in [6.45, 7) is 0. The van der Waals surface area contributed by atoms with E-state index < -0.39 is 0 Å². The van der Waals surface area contributed by atoms with Crippen molar-refractivity contribution in [2.45, 2.75) is 0 Å². The van der Waals surface area contributed by atoms with E-state index in [1.54, 1.807) is 6.07 Å². The fourth-order valence-corrected chi connectivity index (χ4v) is 8.79. The first-order chi connectivity index (χ1) is 28.6. The first kappa shape index (κ1) is 36.2. The number of rotatable bonds is 4. The Morgan fingerprint density at radius 1 is 0.448 bits per heavy atom. The van der Waals surface area contributed by atoms with Crippen LogP contribution in [0.2, 0.25) is 0 Å². The Hall–Kier alpha value is -6.20. The van der Waals surface area contributed by atoms with Crippen molar-refractivity contribution >= 4 is 129 Å². The lowest BCUT2D eigenvalue weighted by atomic mass is 10.1. The van der Waals surface area contributed by atoms with Gasteiger partial charge in [-0.05, 0) is 120 Å². The summed E-state index contributed by atoms with van der Waals surface area (Å²) in [6, 6.07) is 58.6. The molecule has 8 aromatic carbocycles. The van der Waals surface area contributed by atoms with Gasteiger partial charge in [0.15, 0.2) is 0 Å². The second-order valence-corrected chi connectivity index (χ2v) is 15.1. The third kappa shape index (κ3) is 5.98. The minimum atomic E-state index is 0.560. The van der Waals surface area contributed by atoms with Crippen LogP contribution in [0.4, 0.5) is 0 Å². The molecule has 58 heavy (non-hydrogen) atoms. The summed E-state index contributed by atoms with van der Waals surface area (Å²) < 4.78 is 23.0. The van der Waals surface area contributed by atoms with Crippen molar-refractivity contribution in [1.29, 1.82) is 0 Å². The van der Waals surface area contributed by atoms with E-state index in [1.807, 2.05) is 18.2 Å². The fraction of sp³-hybridized carbons (Fsp3) is 0.0204. The van der Waals surface area contributed by atoms with Gasteiger partial charge < -0.3 is 27.6 Å². The van der Waals surface area contributed by atoms with E-state index >= 15 is 0 Å². The summed E-state index contributed by atoms with van der Waals surface area (Å²) in [7, 11) is 0.687. The molecule has 12 rings (SSSR count). The number of furan rings is 2. The average molecular weight is 886 g/mol. The van der Waals surface area contributed by atoms with Crippen molar-refractivity contribution < 1.29 is 18.5 Å². The van der Waals surface area contributed by atoms with Gasteiger partial charge in [0, 0.05) is 64.4 Å². The molecule has 1 radical (unpaired) electrons. The molecule has 4 aromatic heterocycles. The minimum absolute atomic E-state index is 0.560. The zero-order chi connectivity index (χ0) is 39.3. The molecule has 0 unspecified atom stereocenters. The molecule has 0 aliphatic carbocycles. The third-order valence-electron chi connectivity index (χ3n) is 10.7. The molecule has 0 atom stereocenters. The second-order valence-electron chi connectivity index (χ2n) is 13.8. The monoisotopic (exact) mass is 885 g/mol. The van der Waals surface area contributed by atoms with Crippen molar-refractivity contribution in [1.82, 2.24) is 9.13 Å². The van der Waals surface area contributed by atoms with Gasteiger partial charge in [-0.1, -0.05) is 72.8 Å². The number of alkyl halides is 1. The Balaban J connectivity index is 0.000000135. The quantitative estimate of drug-likeness (QED) is 0.109. The highest BCUT2D eigenvalue weighted by atomic mass is 127. The number of aromatic nitrogens is 2. The van der Waals surface area contributed by atoms with E-state index in [2.05, 4.69) is 189 Å². The van der Waals surface area contributed by atoms with Crippen LogP contribution in [0.15, 0.2) is 179 Å². The van der Waals surface area contributed by atoms with Crippen LogP contribution in [0.25, 0.3) is 98.9 Å². The predicted octanol–water partition coefficient (Wildman–Crippen LogP) is 13.7. The van der Waals surface area contributed by atoms with Crippen LogP contribution < -0.4 is 4.65 Å². The highest BCUT2D eigenvalue weighted by molar-refractivity contribution is 14.1. The van der Waals surface area contributed by atoms with Crippen molar-refractivity contribution in [3.8, 4) is 17.1 Å². The summed E-state index contributed by atoms with van der Waals surface area (Å²) >= 11 is 6.99. The van der Waals surface area contributed by atoms with E-state index in [1.165, 1.54) is 59.0 Å². The molecule has 0 saturated carbocycles. The van der Waals surface area contributed by atoms with Gasteiger partial charge in [-0.2, -0.15) is 0 Å². The highest BCUT2D eigenvalue weighted by Crippen LogP contribution is 2.38. The molecule has 4 heterocycles. The molecule has 0 fully saturated rings. The number of hydrogen-bond donors (Lipinski definition) is 1. The number of halogens is 2. The van der Waals surface area contributed by atoms with Crippen molar-refractivity contribution in [2.24, 2.45) is 0 Å². The fourth-order valence-electron chi connectivity index (χ4n) is 8.30. The number of benzene rings is 8. The molecule has 9 heteroatoms. The molecule has 6 nitrogen and oxygen atoms in total. The smallest absolute Gasteiger partial charge is 0.537 e. The van der Waals surface area contributed by atoms with Crippen LogP contribution in [0, 0.1) is 3.57 Å². The van der Waals surface area contributed by atoms with Crippen LogP contribution in [0.3, 0.4) is 0 Å². The molecule has 0 saturated heterocycles. The van der Waals surface area contributed by atoms with Crippen LogP contribution in [-0.2, 0) is 0 Å². The largest absolute Gasteiger partial charge is 0.569 e. The zero-order valence-electron chi connectivity index (χ0n) is 31.1. The lowest BCUT2D eigenvalue weighted by Crippen LogP contribution is -1.99. The molecule has 1 N–H and O–H groups in total. The van der Waals surface area contributed by atoms with Gasteiger partial charge in [-0.25, -0.2) is 0 Å². The van der Waals surface area contributed by atoms with Gasteiger partial charge in [0.05, 0.1) is 22.1 Å². The summed E-state index contributed by atoms with van der Waals surface area (Å²) in [5, 5.41) is 18.2.